The summed E-state index contributed by atoms with van der Waals surface area (Å²) in [5.41, 5.74) is 0.627. The molecule has 3 rings (SSSR count). The van der Waals surface area contributed by atoms with Crippen molar-refractivity contribution in [3.05, 3.63) is 40.9 Å². The lowest BCUT2D eigenvalue weighted by Gasteiger charge is -2.34. The lowest BCUT2D eigenvalue weighted by molar-refractivity contribution is -0.149. The highest BCUT2D eigenvalue weighted by Gasteiger charge is 2.28. The van der Waals surface area contributed by atoms with Gasteiger partial charge < -0.3 is 14.5 Å². The van der Waals surface area contributed by atoms with Crippen molar-refractivity contribution < 1.29 is 18.7 Å². The second-order valence-electron chi connectivity index (χ2n) is 7.30. The third-order valence-electron chi connectivity index (χ3n) is 5.32. The number of esters is 1. The Morgan fingerprint density at radius 3 is 2.75 bits per heavy atom. The van der Waals surface area contributed by atoms with Gasteiger partial charge in [0.2, 0.25) is 5.89 Å². The number of ether oxygens (including phenoxy) is 1. The lowest BCUT2D eigenvalue weighted by atomic mass is 9.78. The van der Waals surface area contributed by atoms with Crippen molar-refractivity contribution in [2.45, 2.75) is 45.7 Å². The molecule has 28 heavy (non-hydrogen) atoms. The molecule has 1 aromatic carbocycles. The molecular formula is C20H25N3O5. The van der Waals surface area contributed by atoms with Crippen LogP contribution in [0.3, 0.4) is 0 Å². The molecule has 0 radical (unpaired) electrons. The van der Waals surface area contributed by atoms with Crippen molar-refractivity contribution >= 4 is 11.9 Å². The molecule has 0 aliphatic heterocycles. The molecule has 0 saturated heterocycles. The Morgan fingerprint density at radius 1 is 1.25 bits per heavy atom. The van der Waals surface area contributed by atoms with Gasteiger partial charge in [-0.15, -0.1) is 5.10 Å². The molecule has 2 aromatic rings. The first-order chi connectivity index (χ1) is 13.4. The Kier molecular flexibility index (Phi) is 6.28. The Hall–Kier alpha value is -2.90. The van der Waals surface area contributed by atoms with Crippen LogP contribution in [0.4, 0.5) is 0 Å². The third-order valence-corrected chi connectivity index (χ3v) is 5.32. The molecule has 1 fully saturated rings. The molecule has 1 aliphatic rings. The lowest BCUT2D eigenvalue weighted by Crippen LogP contribution is -2.45. The summed E-state index contributed by atoms with van der Waals surface area (Å²) in [6, 6.07) is 8.98. The van der Waals surface area contributed by atoms with E-state index in [-0.39, 0.29) is 24.4 Å². The molecule has 8 heteroatoms. The van der Waals surface area contributed by atoms with Crippen molar-refractivity contribution in [1.29, 1.82) is 0 Å². The SMILES string of the molecule is C[C@@H]1[C@H](C)CCC[C@@H]1NC(=O)COC(=O)Cn1nc(-c2ccccc2)oc1=O. The highest BCUT2D eigenvalue weighted by Crippen LogP contribution is 2.29. The van der Waals surface area contributed by atoms with Gasteiger partial charge in [-0.1, -0.05) is 44.9 Å². The maximum Gasteiger partial charge on any atom is 0.437 e. The average Bonchev–Trinajstić information content (AvgIpc) is 3.05. The van der Waals surface area contributed by atoms with E-state index in [0.29, 0.717) is 17.4 Å². The number of rotatable bonds is 6. The number of hydrogen-bond acceptors (Lipinski definition) is 6. The fourth-order valence-electron chi connectivity index (χ4n) is 3.45. The van der Waals surface area contributed by atoms with Gasteiger partial charge in [0.05, 0.1) is 0 Å². The second kappa shape index (κ2) is 8.86. The number of carbonyl (C=O) groups is 2. The van der Waals surface area contributed by atoms with Crippen LogP contribution in [-0.4, -0.2) is 34.3 Å². The molecule has 1 amide bonds. The van der Waals surface area contributed by atoms with Crippen LogP contribution >= 0.6 is 0 Å². The summed E-state index contributed by atoms with van der Waals surface area (Å²) in [4.78, 5) is 35.9. The van der Waals surface area contributed by atoms with Gasteiger partial charge >= 0.3 is 11.7 Å². The highest BCUT2D eigenvalue weighted by atomic mass is 16.5. The number of aromatic nitrogens is 2. The van der Waals surface area contributed by atoms with Crippen LogP contribution in [0, 0.1) is 11.8 Å². The van der Waals surface area contributed by atoms with Crippen LogP contribution in [-0.2, 0) is 20.9 Å². The molecule has 150 valence electrons. The molecule has 3 atom stereocenters. The van der Waals surface area contributed by atoms with E-state index < -0.39 is 18.3 Å². The quantitative estimate of drug-likeness (QED) is 0.760. The van der Waals surface area contributed by atoms with E-state index >= 15 is 0 Å². The third kappa shape index (κ3) is 4.88. The normalized spacial score (nSPS) is 21.9. The first kappa shape index (κ1) is 19.9. The smallest absolute Gasteiger partial charge is 0.437 e. The predicted octanol–water partition coefficient (Wildman–Crippen LogP) is 1.99. The Morgan fingerprint density at radius 2 is 2.00 bits per heavy atom. The van der Waals surface area contributed by atoms with Gasteiger partial charge in [-0.05, 0) is 30.4 Å². The van der Waals surface area contributed by atoms with E-state index in [2.05, 4.69) is 24.3 Å². The summed E-state index contributed by atoms with van der Waals surface area (Å²) in [5, 5.41) is 6.93. The number of nitrogens with zero attached hydrogens (tertiary/aromatic N) is 2. The number of benzene rings is 1. The van der Waals surface area contributed by atoms with E-state index in [1.807, 2.05) is 6.07 Å². The summed E-state index contributed by atoms with van der Waals surface area (Å²) >= 11 is 0. The van der Waals surface area contributed by atoms with Crippen LogP contribution in [0.25, 0.3) is 11.5 Å². The number of carbonyl (C=O) groups excluding carboxylic acids is 2. The molecule has 0 bridgehead atoms. The van der Waals surface area contributed by atoms with Crippen molar-refractivity contribution in [3.63, 3.8) is 0 Å². The Labute approximate surface area is 162 Å². The largest absolute Gasteiger partial charge is 0.454 e. The minimum atomic E-state index is -0.759. The first-order valence-electron chi connectivity index (χ1n) is 9.52. The fourth-order valence-corrected chi connectivity index (χ4v) is 3.45. The summed E-state index contributed by atoms with van der Waals surface area (Å²) in [5.74, 6) is -0.758. The van der Waals surface area contributed by atoms with Gasteiger partial charge in [0.15, 0.2) is 6.61 Å². The molecule has 1 saturated carbocycles. The highest BCUT2D eigenvalue weighted by molar-refractivity contribution is 5.80. The molecule has 8 nitrogen and oxygen atoms in total. The summed E-state index contributed by atoms with van der Waals surface area (Å²) in [7, 11) is 0. The maximum atomic E-state index is 12.1. The van der Waals surface area contributed by atoms with E-state index in [0.717, 1.165) is 17.5 Å². The van der Waals surface area contributed by atoms with Crippen LogP contribution in [0.5, 0.6) is 0 Å². The first-order valence-corrected chi connectivity index (χ1v) is 9.52. The van der Waals surface area contributed by atoms with Crippen LogP contribution in [0.2, 0.25) is 0 Å². The van der Waals surface area contributed by atoms with Gasteiger partial charge in [0.1, 0.15) is 6.54 Å². The van der Waals surface area contributed by atoms with Gasteiger partial charge in [-0.25, -0.2) is 4.79 Å². The summed E-state index contributed by atoms with van der Waals surface area (Å²) < 4.78 is 10.9. The van der Waals surface area contributed by atoms with Crippen LogP contribution < -0.4 is 11.1 Å². The van der Waals surface area contributed by atoms with Crippen LogP contribution in [0.15, 0.2) is 39.5 Å². The molecule has 0 spiro atoms. The van der Waals surface area contributed by atoms with Gasteiger partial charge in [0.25, 0.3) is 5.91 Å². The van der Waals surface area contributed by atoms with Crippen molar-refractivity contribution in [2.24, 2.45) is 11.8 Å². The van der Waals surface area contributed by atoms with E-state index in [1.54, 1.807) is 24.3 Å². The number of amides is 1. The Bertz CT molecular complexity index is 873. The fraction of sp³-hybridized carbons (Fsp3) is 0.500. The average molecular weight is 387 g/mol. The van der Waals surface area contributed by atoms with Crippen molar-refractivity contribution in [3.8, 4) is 11.5 Å². The van der Waals surface area contributed by atoms with Crippen molar-refractivity contribution in [1.82, 2.24) is 15.1 Å². The zero-order chi connectivity index (χ0) is 20.1. The van der Waals surface area contributed by atoms with Crippen molar-refractivity contribution in [2.75, 3.05) is 6.61 Å². The van der Waals surface area contributed by atoms with Gasteiger partial charge in [-0.3, -0.25) is 9.59 Å². The predicted molar refractivity (Wildman–Crippen MR) is 101 cm³/mol. The zero-order valence-electron chi connectivity index (χ0n) is 16.1. The minimum Gasteiger partial charge on any atom is -0.454 e. The molecule has 1 aliphatic carbocycles. The molecule has 1 heterocycles. The second-order valence-corrected chi connectivity index (χ2v) is 7.30. The van der Waals surface area contributed by atoms with Gasteiger partial charge in [0, 0.05) is 11.6 Å². The monoisotopic (exact) mass is 387 g/mol. The molecule has 1 N–H and O–H groups in total. The zero-order valence-corrected chi connectivity index (χ0v) is 16.1. The van der Waals surface area contributed by atoms with Gasteiger partial charge in [-0.2, -0.15) is 4.68 Å². The standard InChI is InChI=1S/C20H25N3O5/c1-13-7-6-10-16(14(13)2)21-17(24)12-27-18(25)11-23-20(26)28-19(22-23)15-8-4-3-5-9-15/h3-5,8-9,13-14,16H,6-7,10-12H2,1-2H3,(H,21,24)/t13-,14-,16+/m1/s1. The minimum absolute atomic E-state index is 0.0987. The van der Waals surface area contributed by atoms with E-state index in [1.165, 1.54) is 6.42 Å². The van der Waals surface area contributed by atoms with E-state index in [4.69, 9.17) is 9.15 Å². The molecule has 1 aromatic heterocycles. The number of nitrogens with one attached hydrogen (secondary N) is 1. The topological polar surface area (TPSA) is 103 Å². The molecular weight excluding hydrogens is 362 g/mol. The number of hydrogen-bond donors (Lipinski definition) is 1. The van der Waals surface area contributed by atoms with E-state index in [9.17, 15) is 14.4 Å². The Balaban J connectivity index is 1.50. The van der Waals surface area contributed by atoms with Crippen LogP contribution in [0.1, 0.15) is 33.1 Å². The summed E-state index contributed by atoms with van der Waals surface area (Å²) in [6.45, 7) is 3.51. The summed E-state index contributed by atoms with van der Waals surface area (Å²) in [6.07, 6.45) is 3.18. The maximum absolute atomic E-state index is 12.1. The molecule has 0 unspecified atom stereocenters.